The monoisotopic (exact) mass is 789 g/mol. The van der Waals surface area contributed by atoms with Gasteiger partial charge in [0.25, 0.3) is 11.8 Å². The molecule has 6 aromatic rings. The molecule has 0 bridgehead atoms. The summed E-state index contributed by atoms with van der Waals surface area (Å²) in [5.74, 6) is -1.64. The molecular weight excluding hydrogens is 754 g/mol. The highest BCUT2D eigenvalue weighted by molar-refractivity contribution is 14.0. The molecule has 2 N–H and O–H groups in total. The smallest absolute Gasteiger partial charge is 0.339 e. The van der Waals surface area contributed by atoms with Gasteiger partial charge in [0, 0.05) is 11.1 Å². The number of carbonyl (C=O) groups is 3. The Labute approximate surface area is 309 Å². The number of methoxy groups -OCH3 is 1. The molecule has 0 heterocycles. The first-order chi connectivity index (χ1) is 24.0. The fourth-order valence-corrected chi connectivity index (χ4v) is 10.5. The maximum atomic E-state index is 15.0. The van der Waals surface area contributed by atoms with E-state index >= 15 is 0 Å². The molecule has 8 heteroatoms. The lowest BCUT2D eigenvalue weighted by atomic mass is 10.1. The second-order valence-corrected chi connectivity index (χ2v) is 14.4. The highest BCUT2D eigenvalue weighted by atomic mass is 127. The summed E-state index contributed by atoms with van der Waals surface area (Å²) in [6.45, 7) is 0. The van der Waals surface area contributed by atoms with Gasteiger partial charge in [-0.1, -0.05) is 115 Å². The summed E-state index contributed by atoms with van der Waals surface area (Å²) in [6, 6.07) is 55.5. The van der Waals surface area contributed by atoms with E-state index in [1.165, 1.54) is 7.11 Å². The molecule has 0 aliphatic heterocycles. The van der Waals surface area contributed by atoms with Crippen molar-refractivity contribution >= 4 is 75.9 Å². The van der Waals surface area contributed by atoms with E-state index in [0.717, 1.165) is 21.5 Å². The molecule has 0 fully saturated rings. The minimum absolute atomic E-state index is 0. The number of para-hydroxylation sites is 1. The van der Waals surface area contributed by atoms with Gasteiger partial charge < -0.3 is 15.4 Å². The standard InChI is InChI=1S/C42H33N2O4P.HI/c1-48-42(47)36-29-17-18-30-37(36)43-41(46)38(44-40(45)32-21-9-3-10-22-32)39(31-19-7-2-8-20-31)49(33-23-11-4-12-24-33,34-25-13-5-14-26-34)35-27-15-6-16-28-35;/h2-30H,1H3,(H-,43,44,45,46,47);1H/p+1/b39-38+;. The van der Waals surface area contributed by atoms with Crippen molar-refractivity contribution in [1.82, 2.24) is 5.32 Å². The van der Waals surface area contributed by atoms with Crippen LogP contribution in [0.4, 0.5) is 5.69 Å². The van der Waals surface area contributed by atoms with Crippen molar-refractivity contribution in [3.05, 3.63) is 198 Å². The number of ether oxygens (including phenoxy) is 1. The Hall–Kier alpha value is -5.37. The second kappa shape index (κ2) is 16.8. The summed E-state index contributed by atoms with van der Waals surface area (Å²) >= 11 is 0. The zero-order chi connectivity index (χ0) is 34.1. The highest BCUT2D eigenvalue weighted by Crippen LogP contribution is 2.67. The van der Waals surface area contributed by atoms with E-state index in [2.05, 4.69) is 47.0 Å². The van der Waals surface area contributed by atoms with Gasteiger partial charge >= 0.3 is 5.97 Å². The second-order valence-electron chi connectivity index (χ2n) is 11.1. The van der Waals surface area contributed by atoms with Gasteiger partial charge in [0.05, 0.1) is 18.4 Å². The summed E-state index contributed by atoms with van der Waals surface area (Å²) < 4.78 is 5.02. The number of anilines is 1. The van der Waals surface area contributed by atoms with Crippen LogP contribution in [-0.2, 0) is 9.53 Å². The third kappa shape index (κ3) is 7.44. The zero-order valence-electron chi connectivity index (χ0n) is 27.2. The largest absolute Gasteiger partial charge is 0.465 e. The highest BCUT2D eigenvalue weighted by Gasteiger charge is 2.52. The Balaban J connectivity index is 0.00000486. The predicted molar refractivity (Wildman–Crippen MR) is 214 cm³/mol. The SMILES string of the molecule is COC(=O)c1ccccc1NC(=O)/C(NC(=O)c1ccccc1)=C(/c1ccccc1)[P+](c1ccccc1)(c1ccccc1)c1ccccc1.I. The zero-order valence-corrected chi connectivity index (χ0v) is 30.5. The Morgan fingerprint density at radius 2 is 0.920 bits per heavy atom. The number of halogens is 1. The first-order valence-electron chi connectivity index (χ1n) is 15.7. The number of amides is 2. The van der Waals surface area contributed by atoms with E-state index in [9.17, 15) is 14.4 Å². The van der Waals surface area contributed by atoms with Gasteiger partial charge in [0.1, 0.15) is 28.5 Å². The van der Waals surface area contributed by atoms with E-state index in [-0.39, 0.29) is 40.9 Å². The van der Waals surface area contributed by atoms with Crippen molar-refractivity contribution in [2.75, 3.05) is 12.4 Å². The van der Waals surface area contributed by atoms with Crippen LogP contribution in [0, 0.1) is 0 Å². The van der Waals surface area contributed by atoms with Gasteiger partial charge in [-0.2, -0.15) is 0 Å². The van der Waals surface area contributed by atoms with Crippen LogP contribution in [0.5, 0.6) is 0 Å². The predicted octanol–water partition coefficient (Wildman–Crippen LogP) is 7.82. The quantitative estimate of drug-likeness (QED) is 0.0642. The van der Waals surface area contributed by atoms with Crippen molar-refractivity contribution in [2.24, 2.45) is 0 Å². The first kappa shape index (κ1) is 35.9. The normalized spacial score (nSPS) is 11.3. The van der Waals surface area contributed by atoms with Gasteiger partial charge in [0.15, 0.2) is 5.70 Å². The molecule has 6 nitrogen and oxygen atoms in total. The van der Waals surface area contributed by atoms with E-state index in [1.807, 2.05) is 91.0 Å². The lowest BCUT2D eigenvalue weighted by Crippen LogP contribution is -2.37. The molecule has 248 valence electrons. The van der Waals surface area contributed by atoms with Crippen LogP contribution < -0.4 is 26.5 Å². The number of hydrogen-bond acceptors (Lipinski definition) is 4. The molecule has 0 atom stereocenters. The number of esters is 1. The van der Waals surface area contributed by atoms with Crippen LogP contribution >= 0.6 is 31.2 Å². The fourth-order valence-electron chi connectivity index (χ4n) is 5.95. The number of rotatable bonds is 10. The van der Waals surface area contributed by atoms with Crippen LogP contribution in [0.2, 0.25) is 0 Å². The van der Waals surface area contributed by atoms with Crippen molar-refractivity contribution in [3.8, 4) is 0 Å². The maximum Gasteiger partial charge on any atom is 0.339 e. The van der Waals surface area contributed by atoms with Crippen LogP contribution in [0.25, 0.3) is 5.31 Å². The summed E-state index contributed by atoms with van der Waals surface area (Å²) in [4.78, 5) is 41.9. The molecule has 2 amide bonds. The Bertz CT molecular complexity index is 2000. The van der Waals surface area contributed by atoms with E-state index < -0.39 is 25.0 Å². The number of hydrogen-bond donors (Lipinski definition) is 2. The van der Waals surface area contributed by atoms with Gasteiger partial charge in [0.2, 0.25) is 0 Å². The van der Waals surface area contributed by atoms with E-state index in [1.54, 1.807) is 48.5 Å². The molecule has 0 saturated carbocycles. The third-order valence-electron chi connectivity index (χ3n) is 8.13. The van der Waals surface area contributed by atoms with Gasteiger partial charge in [-0.25, -0.2) is 4.79 Å². The van der Waals surface area contributed by atoms with E-state index in [4.69, 9.17) is 4.74 Å². The molecule has 0 aliphatic rings. The Morgan fingerprint density at radius 1 is 0.520 bits per heavy atom. The molecule has 6 aromatic carbocycles. The summed E-state index contributed by atoms with van der Waals surface area (Å²) in [5, 5.41) is 9.64. The topological polar surface area (TPSA) is 84.5 Å². The summed E-state index contributed by atoms with van der Waals surface area (Å²) in [7, 11) is -1.68. The Morgan fingerprint density at radius 3 is 1.38 bits per heavy atom. The van der Waals surface area contributed by atoms with Crippen molar-refractivity contribution in [2.45, 2.75) is 0 Å². The fraction of sp³-hybridized carbons (Fsp3) is 0.0238. The average Bonchev–Trinajstić information content (AvgIpc) is 3.17. The minimum Gasteiger partial charge on any atom is -0.465 e. The minimum atomic E-state index is -2.97. The summed E-state index contributed by atoms with van der Waals surface area (Å²) in [6.07, 6.45) is 0. The van der Waals surface area contributed by atoms with Gasteiger partial charge in [-0.05, 0) is 60.7 Å². The van der Waals surface area contributed by atoms with Crippen molar-refractivity contribution in [1.29, 1.82) is 0 Å². The molecule has 0 unspecified atom stereocenters. The molecule has 0 saturated heterocycles. The van der Waals surface area contributed by atoms with Crippen LogP contribution in [0.15, 0.2) is 182 Å². The van der Waals surface area contributed by atoms with Crippen molar-refractivity contribution in [3.63, 3.8) is 0 Å². The maximum absolute atomic E-state index is 15.0. The van der Waals surface area contributed by atoms with Crippen LogP contribution in [-0.4, -0.2) is 24.9 Å². The molecular formula is C42H35IN2O4P+. The van der Waals surface area contributed by atoms with Crippen LogP contribution in [0.1, 0.15) is 26.3 Å². The van der Waals surface area contributed by atoms with Gasteiger partial charge in [-0.15, -0.1) is 24.0 Å². The molecule has 50 heavy (non-hydrogen) atoms. The molecule has 0 aliphatic carbocycles. The van der Waals surface area contributed by atoms with Crippen LogP contribution in [0.3, 0.4) is 0 Å². The van der Waals surface area contributed by atoms with Gasteiger partial charge in [-0.3, -0.25) is 9.59 Å². The molecule has 0 radical (unpaired) electrons. The van der Waals surface area contributed by atoms with Crippen molar-refractivity contribution < 1.29 is 19.1 Å². The lowest BCUT2D eigenvalue weighted by molar-refractivity contribution is -0.113. The number of nitrogens with one attached hydrogen (secondary N) is 2. The lowest BCUT2D eigenvalue weighted by Gasteiger charge is -2.31. The summed E-state index contributed by atoms with van der Waals surface area (Å²) in [5.41, 5.74) is 1.64. The molecule has 0 aromatic heterocycles. The number of carbonyl (C=O) groups excluding carboxylic acids is 3. The first-order valence-corrected chi connectivity index (χ1v) is 17.5. The third-order valence-corrected chi connectivity index (χ3v) is 12.5. The van der Waals surface area contributed by atoms with E-state index in [0.29, 0.717) is 10.9 Å². The molecule has 0 spiro atoms. The number of benzene rings is 6. The average molecular weight is 790 g/mol. The Kier molecular flexibility index (Phi) is 12.1. The molecule has 6 rings (SSSR count).